The second kappa shape index (κ2) is 12.4. The number of nitrogens with zero attached hydrogens (tertiary/aromatic N) is 3. The third-order valence-corrected chi connectivity index (χ3v) is 9.48. The largest absolute Gasteiger partial charge is 0.322 e. The number of hydrogen-bond acceptors (Lipinski definition) is 9. The fraction of sp³-hybridized carbons (Fsp3) is 0.0625. The minimum absolute atomic E-state index is 0.0908. The van der Waals surface area contributed by atoms with E-state index in [2.05, 4.69) is 20.6 Å². The van der Waals surface area contributed by atoms with Crippen LogP contribution in [-0.4, -0.2) is 26.9 Å². The van der Waals surface area contributed by atoms with Gasteiger partial charge in [0.05, 0.1) is 30.6 Å². The Morgan fingerprint density at radius 3 is 2.55 bits per heavy atom. The summed E-state index contributed by atoms with van der Waals surface area (Å²) in [6.07, 6.45) is 1.62. The number of aliphatic imine (C=N–C) groups is 1. The maximum atomic E-state index is 12.6. The van der Waals surface area contributed by atoms with Crippen molar-refractivity contribution in [2.75, 3.05) is 5.32 Å². The molecule has 5 aromatic rings. The van der Waals surface area contributed by atoms with Crippen LogP contribution in [0.5, 0.6) is 0 Å². The number of carbonyl (C=O) groups excluding carboxylic acids is 2. The van der Waals surface area contributed by atoms with Gasteiger partial charge in [-0.2, -0.15) is 0 Å². The SMILES string of the molecule is Cc1cc(C)cc(N=C2NC(=O)/C(=C/c3ccc(Sc4nc5ccc(NC(=O)c6ccccc6)cc5s4)c([N+](=O)[O-])c3)S2)c1. The molecule has 6 rings (SSSR count). The molecule has 1 aliphatic heterocycles. The molecule has 2 N–H and O–H groups in total. The van der Waals surface area contributed by atoms with Crippen LogP contribution in [-0.2, 0) is 4.79 Å². The topological polar surface area (TPSA) is 127 Å². The van der Waals surface area contributed by atoms with Gasteiger partial charge in [-0.3, -0.25) is 19.7 Å². The number of benzene rings is 4. The average Bonchev–Trinajstić information content (AvgIpc) is 3.54. The van der Waals surface area contributed by atoms with Gasteiger partial charge < -0.3 is 10.6 Å². The molecule has 4 aromatic carbocycles. The van der Waals surface area contributed by atoms with Gasteiger partial charge in [0.2, 0.25) is 0 Å². The van der Waals surface area contributed by atoms with Crippen LogP contribution in [0.2, 0.25) is 0 Å². The summed E-state index contributed by atoms with van der Waals surface area (Å²) in [5.41, 5.74) is 5.23. The van der Waals surface area contributed by atoms with Crippen molar-refractivity contribution in [2.24, 2.45) is 4.99 Å². The Bertz CT molecular complexity index is 2000. The molecule has 2 heterocycles. The number of fused-ring (bicyclic) bond motifs is 1. The molecule has 1 fully saturated rings. The number of aromatic nitrogens is 1. The fourth-order valence-corrected chi connectivity index (χ4v) is 7.52. The van der Waals surface area contributed by atoms with Gasteiger partial charge in [0, 0.05) is 17.3 Å². The van der Waals surface area contributed by atoms with Gasteiger partial charge in [-0.15, -0.1) is 11.3 Å². The Balaban J connectivity index is 1.20. The van der Waals surface area contributed by atoms with E-state index >= 15 is 0 Å². The molecule has 0 radical (unpaired) electrons. The number of hydrogen-bond donors (Lipinski definition) is 2. The summed E-state index contributed by atoms with van der Waals surface area (Å²) in [4.78, 5) is 46.7. The van der Waals surface area contributed by atoms with Gasteiger partial charge in [-0.05, 0) is 96.9 Å². The van der Waals surface area contributed by atoms with E-state index in [0.29, 0.717) is 36.1 Å². The van der Waals surface area contributed by atoms with E-state index in [4.69, 9.17) is 0 Å². The zero-order chi connectivity index (χ0) is 30.8. The number of thioether (sulfide) groups is 1. The first-order chi connectivity index (χ1) is 21.2. The molecule has 1 saturated heterocycles. The van der Waals surface area contributed by atoms with Crippen LogP contribution >= 0.6 is 34.9 Å². The van der Waals surface area contributed by atoms with Crippen LogP contribution in [0.15, 0.2) is 104 Å². The lowest BCUT2D eigenvalue weighted by atomic mass is 10.1. The standard InChI is InChI=1S/C32H23N5O4S3/c1-18-12-19(2)14-23(13-18)34-31-36-30(39)28(42-31)16-20-8-11-26(25(15-20)37(40)41)43-32-35-24-10-9-22(17-27(24)44-32)33-29(38)21-6-4-3-5-7-21/h3-17H,1-2H3,(H,33,38)(H,34,36,39)/b28-16-. The monoisotopic (exact) mass is 637 g/mol. The van der Waals surface area contributed by atoms with Crippen molar-refractivity contribution >= 4 is 85.2 Å². The predicted molar refractivity (Wildman–Crippen MR) is 178 cm³/mol. The molecule has 0 saturated carbocycles. The zero-order valence-corrected chi connectivity index (χ0v) is 25.8. The molecular weight excluding hydrogens is 615 g/mol. The third-order valence-electron chi connectivity index (χ3n) is 6.43. The molecule has 0 atom stereocenters. The van der Waals surface area contributed by atoms with E-state index in [1.165, 1.54) is 40.9 Å². The Morgan fingerprint density at radius 2 is 1.80 bits per heavy atom. The summed E-state index contributed by atoms with van der Waals surface area (Å²) in [5, 5.41) is 18.1. The molecular formula is C32H23N5O4S3. The molecule has 2 amide bonds. The quantitative estimate of drug-likeness (QED) is 0.105. The highest BCUT2D eigenvalue weighted by atomic mass is 32.2. The first kappa shape index (κ1) is 29.3. The lowest BCUT2D eigenvalue weighted by Gasteiger charge is -2.04. The first-order valence-electron chi connectivity index (χ1n) is 13.3. The van der Waals surface area contributed by atoms with Crippen LogP contribution in [0.25, 0.3) is 16.3 Å². The highest BCUT2D eigenvalue weighted by molar-refractivity contribution is 8.18. The fourth-order valence-electron chi connectivity index (χ4n) is 4.53. The van der Waals surface area contributed by atoms with Crippen molar-refractivity contribution in [3.05, 3.63) is 122 Å². The Morgan fingerprint density at radius 1 is 1.02 bits per heavy atom. The Hall–Kier alpha value is -4.78. The van der Waals surface area contributed by atoms with E-state index in [1.54, 1.807) is 48.5 Å². The van der Waals surface area contributed by atoms with Crippen LogP contribution in [0.1, 0.15) is 27.0 Å². The molecule has 44 heavy (non-hydrogen) atoms. The van der Waals surface area contributed by atoms with Crippen molar-refractivity contribution in [3.63, 3.8) is 0 Å². The number of carbonyl (C=O) groups is 2. The van der Waals surface area contributed by atoms with Gasteiger partial charge in [0.15, 0.2) is 9.51 Å². The molecule has 0 unspecified atom stereocenters. The molecule has 0 spiro atoms. The van der Waals surface area contributed by atoms with E-state index in [-0.39, 0.29) is 17.5 Å². The van der Waals surface area contributed by atoms with Gasteiger partial charge >= 0.3 is 0 Å². The number of nitro benzene ring substituents is 1. The van der Waals surface area contributed by atoms with Gasteiger partial charge in [0.25, 0.3) is 17.5 Å². The first-order valence-corrected chi connectivity index (χ1v) is 15.8. The summed E-state index contributed by atoms with van der Waals surface area (Å²) in [6.45, 7) is 3.97. The third kappa shape index (κ3) is 6.72. The second-order valence-electron chi connectivity index (χ2n) is 9.90. The van der Waals surface area contributed by atoms with Crippen LogP contribution in [0.4, 0.5) is 17.1 Å². The van der Waals surface area contributed by atoms with Crippen molar-refractivity contribution in [1.29, 1.82) is 0 Å². The number of thiazole rings is 1. The minimum atomic E-state index is -0.441. The highest BCUT2D eigenvalue weighted by Crippen LogP contribution is 2.40. The van der Waals surface area contributed by atoms with Crippen molar-refractivity contribution < 1.29 is 14.5 Å². The molecule has 1 aromatic heterocycles. The van der Waals surface area contributed by atoms with Crippen LogP contribution in [0.3, 0.4) is 0 Å². The number of rotatable bonds is 7. The predicted octanol–water partition coefficient (Wildman–Crippen LogP) is 8.12. The van der Waals surface area contributed by atoms with E-state index in [9.17, 15) is 19.7 Å². The number of nitrogens with one attached hydrogen (secondary N) is 2. The van der Waals surface area contributed by atoms with Crippen molar-refractivity contribution in [2.45, 2.75) is 23.1 Å². The average molecular weight is 638 g/mol. The maximum Gasteiger partial charge on any atom is 0.283 e. The highest BCUT2D eigenvalue weighted by Gasteiger charge is 2.25. The van der Waals surface area contributed by atoms with Crippen LogP contribution < -0.4 is 10.6 Å². The maximum absolute atomic E-state index is 12.6. The van der Waals surface area contributed by atoms with Crippen molar-refractivity contribution in [3.8, 4) is 0 Å². The summed E-state index contributed by atoms with van der Waals surface area (Å²) >= 11 is 3.76. The van der Waals surface area contributed by atoms with Gasteiger partial charge in [-0.25, -0.2) is 9.98 Å². The molecule has 0 bridgehead atoms. The minimum Gasteiger partial charge on any atom is -0.322 e. The molecule has 1 aliphatic rings. The smallest absolute Gasteiger partial charge is 0.283 e. The van der Waals surface area contributed by atoms with Crippen LogP contribution in [0, 0.1) is 24.0 Å². The molecule has 0 aliphatic carbocycles. The zero-order valence-electron chi connectivity index (χ0n) is 23.4. The Labute approximate surface area is 264 Å². The van der Waals surface area contributed by atoms with Gasteiger partial charge in [-0.1, -0.05) is 42.1 Å². The lowest BCUT2D eigenvalue weighted by molar-refractivity contribution is -0.387. The van der Waals surface area contributed by atoms with E-state index < -0.39 is 4.92 Å². The number of amides is 2. The number of nitro groups is 1. The second-order valence-corrected chi connectivity index (χ2v) is 13.2. The normalized spacial score (nSPS) is 14.7. The molecule has 12 heteroatoms. The lowest BCUT2D eigenvalue weighted by Crippen LogP contribution is -2.19. The van der Waals surface area contributed by atoms with Gasteiger partial charge in [0.1, 0.15) is 0 Å². The molecule has 9 nitrogen and oxygen atoms in total. The summed E-state index contributed by atoms with van der Waals surface area (Å²) < 4.78 is 1.46. The molecule has 218 valence electrons. The van der Waals surface area contributed by atoms with E-state index in [0.717, 1.165) is 27.0 Å². The van der Waals surface area contributed by atoms with Crippen molar-refractivity contribution in [1.82, 2.24) is 10.3 Å². The number of amidine groups is 1. The number of anilines is 1. The summed E-state index contributed by atoms with van der Waals surface area (Å²) in [6, 6.07) is 25.1. The van der Waals surface area contributed by atoms with E-state index in [1.807, 2.05) is 50.2 Å². The summed E-state index contributed by atoms with van der Waals surface area (Å²) in [7, 11) is 0. The number of aryl methyl sites for hydroxylation is 2. The Kier molecular flexibility index (Phi) is 8.29. The summed E-state index contributed by atoms with van der Waals surface area (Å²) in [5.74, 6) is -0.527.